The van der Waals surface area contributed by atoms with E-state index in [1.807, 2.05) is 24.5 Å². The van der Waals surface area contributed by atoms with Crippen molar-refractivity contribution in [1.82, 2.24) is 4.98 Å². The van der Waals surface area contributed by atoms with E-state index in [2.05, 4.69) is 4.98 Å². The summed E-state index contributed by atoms with van der Waals surface area (Å²) in [5, 5.41) is 0. The summed E-state index contributed by atoms with van der Waals surface area (Å²) in [5.41, 5.74) is 1.29. The fourth-order valence-electron chi connectivity index (χ4n) is 2.47. The minimum Gasteiger partial charge on any atom is -0.299 e. The molecule has 2 nitrogen and oxygen atoms in total. The smallest absolute Gasteiger partial charge is 0.135 e. The van der Waals surface area contributed by atoms with E-state index in [4.69, 9.17) is 0 Å². The van der Waals surface area contributed by atoms with E-state index in [-0.39, 0.29) is 0 Å². The van der Waals surface area contributed by atoms with Crippen molar-refractivity contribution in [2.24, 2.45) is 5.92 Å². The molecule has 1 heterocycles. The molecule has 1 saturated carbocycles. The SMILES string of the molecule is O=C(CCCc1ccncc1)C1CCCC1. The van der Waals surface area contributed by atoms with Crippen LogP contribution in [0, 0.1) is 5.92 Å². The minimum atomic E-state index is 0.387. The number of aryl methyl sites for hydroxylation is 1. The molecule has 0 N–H and O–H groups in total. The lowest BCUT2D eigenvalue weighted by Crippen LogP contribution is -2.10. The predicted octanol–water partition coefficient (Wildman–Crippen LogP) is 3.16. The fraction of sp³-hybridized carbons (Fsp3) is 0.571. The van der Waals surface area contributed by atoms with Crippen molar-refractivity contribution >= 4 is 5.78 Å². The van der Waals surface area contributed by atoms with Crippen LogP contribution in [0.25, 0.3) is 0 Å². The number of rotatable bonds is 5. The molecule has 0 saturated heterocycles. The van der Waals surface area contributed by atoms with Crippen molar-refractivity contribution in [3.63, 3.8) is 0 Å². The fourth-order valence-corrected chi connectivity index (χ4v) is 2.47. The van der Waals surface area contributed by atoms with Gasteiger partial charge in [-0.15, -0.1) is 0 Å². The molecule has 1 fully saturated rings. The van der Waals surface area contributed by atoms with Gasteiger partial charge in [0.05, 0.1) is 0 Å². The van der Waals surface area contributed by atoms with E-state index >= 15 is 0 Å². The molecule has 0 bridgehead atoms. The third-order valence-electron chi connectivity index (χ3n) is 3.45. The number of aromatic nitrogens is 1. The van der Waals surface area contributed by atoms with Gasteiger partial charge in [0, 0.05) is 24.7 Å². The Hall–Kier alpha value is -1.18. The third kappa shape index (κ3) is 3.16. The van der Waals surface area contributed by atoms with Crippen molar-refractivity contribution in [2.45, 2.75) is 44.9 Å². The van der Waals surface area contributed by atoms with Crippen molar-refractivity contribution in [3.8, 4) is 0 Å². The molecule has 0 aromatic carbocycles. The molecule has 1 aromatic rings. The third-order valence-corrected chi connectivity index (χ3v) is 3.45. The van der Waals surface area contributed by atoms with Crippen LogP contribution in [0.15, 0.2) is 24.5 Å². The van der Waals surface area contributed by atoms with E-state index in [1.54, 1.807) is 0 Å². The molecule has 0 atom stereocenters. The van der Waals surface area contributed by atoms with Crippen LogP contribution in [-0.4, -0.2) is 10.8 Å². The van der Waals surface area contributed by atoms with Crippen LogP contribution in [0.4, 0.5) is 0 Å². The van der Waals surface area contributed by atoms with E-state index in [1.165, 1.54) is 18.4 Å². The van der Waals surface area contributed by atoms with Crippen LogP contribution in [0.1, 0.15) is 44.1 Å². The van der Waals surface area contributed by atoms with Gasteiger partial charge in [0.25, 0.3) is 0 Å². The normalized spacial score (nSPS) is 16.5. The summed E-state index contributed by atoms with van der Waals surface area (Å²) >= 11 is 0. The maximum Gasteiger partial charge on any atom is 0.135 e. The minimum absolute atomic E-state index is 0.387. The second-order valence-electron chi connectivity index (χ2n) is 4.66. The highest BCUT2D eigenvalue weighted by molar-refractivity contribution is 5.81. The molecular weight excluding hydrogens is 198 g/mol. The molecule has 1 aliphatic carbocycles. The van der Waals surface area contributed by atoms with Crippen molar-refractivity contribution < 1.29 is 4.79 Å². The van der Waals surface area contributed by atoms with Crippen LogP contribution in [-0.2, 0) is 11.2 Å². The maximum atomic E-state index is 11.8. The van der Waals surface area contributed by atoms with Gasteiger partial charge in [0.1, 0.15) is 5.78 Å². The highest BCUT2D eigenvalue weighted by atomic mass is 16.1. The lowest BCUT2D eigenvalue weighted by molar-refractivity contribution is -0.122. The first-order valence-corrected chi connectivity index (χ1v) is 6.28. The molecule has 86 valence electrons. The molecular formula is C14H19NO. The molecule has 0 unspecified atom stereocenters. The first kappa shape index (κ1) is 11.3. The van der Waals surface area contributed by atoms with Crippen LogP contribution >= 0.6 is 0 Å². The van der Waals surface area contributed by atoms with Crippen LogP contribution in [0.3, 0.4) is 0 Å². The van der Waals surface area contributed by atoms with Gasteiger partial charge in [-0.2, -0.15) is 0 Å². The average molecular weight is 217 g/mol. The number of Topliss-reactive ketones (excluding diaryl/α,β-unsaturated/α-hetero) is 1. The van der Waals surface area contributed by atoms with Crippen molar-refractivity contribution in [1.29, 1.82) is 0 Å². The second-order valence-corrected chi connectivity index (χ2v) is 4.66. The highest BCUT2D eigenvalue weighted by Gasteiger charge is 2.21. The number of hydrogen-bond donors (Lipinski definition) is 0. The number of carbonyl (C=O) groups is 1. The molecule has 0 amide bonds. The zero-order chi connectivity index (χ0) is 11.2. The lowest BCUT2D eigenvalue weighted by atomic mass is 9.97. The van der Waals surface area contributed by atoms with Crippen LogP contribution in [0.2, 0.25) is 0 Å². The Morgan fingerprint density at radius 3 is 2.62 bits per heavy atom. The van der Waals surface area contributed by atoms with Gasteiger partial charge in [-0.25, -0.2) is 0 Å². The molecule has 2 heteroatoms. The quantitative estimate of drug-likeness (QED) is 0.758. The van der Waals surface area contributed by atoms with Gasteiger partial charge in [0.15, 0.2) is 0 Å². The van der Waals surface area contributed by atoms with Gasteiger partial charge < -0.3 is 0 Å². The molecule has 2 rings (SSSR count). The predicted molar refractivity (Wildman–Crippen MR) is 64.1 cm³/mol. The molecule has 0 aliphatic heterocycles. The first-order valence-electron chi connectivity index (χ1n) is 6.28. The summed E-state index contributed by atoms with van der Waals surface area (Å²) in [5.74, 6) is 0.879. The van der Waals surface area contributed by atoms with Crippen molar-refractivity contribution in [2.75, 3.05) is 0 Å². The van der Waals surface area contributed by atoms with Gasteiger partial charge in [0.2, 0.25) is 0 Å². The Kier molecular flexibility index (Phi) is 4.09. The van der Waals surface area contributed by atoms with Gasteiger partial charge in [-0.05, 0) is 43.4 Å². The number of ketones is 1. The topological polar surface area (TPSA) is 30.0 Å². The molecule has 0 spiro atoms. The van der Waals surface area contributed by atoms with Gasteiger partial charge in [-0.3, -0.25) is 9.78 Å². The van der Waals surface area contributed by atoms with E-state index in [9.17, 15) is 4.79 Å². The Morgan fingerprint density at radius 1 is 1.25 bits per heavy atom. The molecule has 0 radical (unpaired) electrons. The monoisotopic (exact) mass is 217 g/mol. The zero-order valence-electron chi connectivity index (χ0n) is 9.69. The van der Waals surface area contributed by atoms with E-state index in [0.29, 0.717) is 11.7 Å². The standard InChI is InChI=1S/C14H19NO/c16-14(13-5-1-2-6-13)7-3-4-12-8-10-15-11-9-12/h8-11,13H,1-7H2. The molecule has 1 aromatic heterocycles. The summed E-state index contributed by atoms with van der Waals surface area (Å²) in [6.07, 6.45) is 11.1. The zero-order valence-corrected chi connectivity index (χ0v) is 9.69. The summed E-state index contributed by atoms with van der Waals surface area (Å²) in [6.45, 7) is 0. The first-order chi connectivity index (χ1) is 7.86. The summed E-state index contributed by atoms with van der Waals surface area (Å²) in [6, 6.07) is 4.06. The van der Waals surface area contributed by atoms with Gasteiger partial charge in [-0.1, -0.05) is 12.8 Å². The largest absolute Gasteiger partial charge is 0.299 e. The van der Waals surface area contributed by atoms with Gasteiger partial charge >= 0.3 is 0 Å². The highest BCUT2D eigenvalue weighted by Crippen LogP contribution is 2.26. The van der Waals surface area contributed by atoms with Crippen molar-refractivity contribution in [3.05, 3.63) is 30.1 Å². The number of nitrogens with zero attached hydrogens (tertiary/aromatic N) is 1. The second kappa shape index (κ2) is 5.78. The Morgan fingerprint density at radius 2 is 1.94 bits per heavy atom. The molecule has 1 aliphatic rings. The van der Waals surface area contributed by atoms with Crippen LogP contribution in [0.5, 0.6) is 0 Å². The summed E-state index contributed by atoms with van der Waals surface area (Å²) in [7, 11) is 0. The van der Waals surface area contributed by atoms with E-state index in [0.717, 1.165) is 32.1 Å². The summed E-state index contributed by atoms with van der Waals surface area (Å²) in [4.78, 5) is 15.8. The number of hydrogen-bond acceptors (Lipinski definition) is 2. The number of carbonyl (C=O) groups excluding carboxylic acids is 1. The van der Waals surface area contributed by atoms with E-state index < -0.39 is 0 Å². The van der Waals surface area contributed by atoms with Crippen LogP contribution < -0.4 is 0 Å². The Labute approximate surface area is 97.1 Å². The Bertz CT molecular complexity index is 328. The average Bonchev–Trinajstić information content (AvgIpc) is 2.84. The molecule has 16 heavy (non-hydrogen) atoms. The Balaban J connectivity index is 1.70. The lowest BCUT2D eigenvalue weighted by Gasteiger charge is -2.07. The maximum absolute atomic E-state index is 11.8. The summed E-state index contributed by atoms with van der Waals surface area (Å²) < 4.78 is 0. The number of pyridine rings is 1.